The number of carbonyl (C=O) groups excluding carboxylic acids is 2. The van der Waals surface area contributed by atoms with Crippen LogP contribution >= 0.6 is 0 Å². The molecule has 2 aliphatic carbocycles. The quantitative estimate of drug-likeness (QED) is 0.752. The maximum absolute atomic E-state index is 12.3. The Morgan fingerprint density at radius 2 is 1.73 bits per heavy atom. The van der Waals surface area contributed by atoms with E-state index in [2.05, 4.69) is 15.5 Å². The number of amides is 2. The van der Waals surface area contributed by atoms with Crippen molar-refractivity contribution in [3.8, 4) is 0 Å². The molecule has 142 valence electrons. The molecule has 0 saturated heterocycles. The van der Waals surface area contributed by atoms with Gasteiger partial charge in [0.2, 0.25) is 5.91 Å². The second kappa shape index (κ2) is 9.17. The number of benzene rings is 1. The highest BCUT2D eigenvalue weighted by Gasteiger charge is 2.29. The number of rotatable bonds is 8. The number of nitrogens with zero attached hydrogens (tertiary/aromatic N) is 1. The largest absolute Gasteiger partial charge is 0.355 e. The van der Waals surface area contributed by atoms with Crippen LogP contribution in [0.1, 0.15) is 67.3 Å². The van der Waals surface area contributed by atoms with E-state index in [9.17, 15) is 9.59 Å². The van der Waals surface area contributed by atoms with Gasteiger partial charge >= 0.3 is 0 Å². The van der Waals surface area contributed by atoms with Crippen molar-refractivity contribution in [3.63, 3.8) is 0 Å². The average Bonchev–Trinajstić information content (AvgIpc) is 3.51. The van der Waals surface area contributed by atoms with Crippen LogP contribution in [0.3, 0.4) is 0 Å². The molecular weight excluding hydrogens is 326 g/mol. The van der Waals surface area contributed by atoms with Crippen molar-refractivity contribution in [2.24, 2.45) is 0 Å². The van der Waals surface area contributed by atoms with Crippen LogP contribution in [0.4, 0.5) is 0 Å². The average molecular weight is 357 g/mol. The summed E-state index contributed by atoms with van der Waals surface area (Å²) in [5.41, 5.74) is 1.87. The predicted octanol–water partition coefficient (Wildman–Crippen LogP) is 2.85. The molecule has 1 aromatic carbocycles. The van der Waals surface area contributed by atoms with Gasteiger partial charge in [0.15, 0.2) is 0 Å². The highest BCUT2D eigenvalue weighted by atomic mass is 16.2. The molecule has 2 aliphatic rings. The first kappa shape index (κ1) is 18.9. The number of hydrogen-bond acceptors (Lipinski definition) is 3. The molecule has 0 aliphatic heterocycles. The van der Waals surface area contributed by atoms with Gasteiger partial charge in [-0.05, 0) is 43.4 Å². The Morgan fingerprint density at radius 1 is 1.04 bits per heavy atom. The van der Waals surface area contributed by atoms with Gasteiger partial charge in [-0.15, -0.1) is 0 Å². The minimum absolute atomic E-state index is 0.0602. The number of hydrogen-bond donors (Lipinski definition) is 2. The summed E-state index contributed by atoms with van der Waals surface area (Å²) in [5, 5.41) is 5.86. The van der Waals surface area contributed by atoms with Crippen molar-refractivity contribution in [1.29, 1.82) is 0 Å². The molecule has 26 heavy (non-hydrogen) atoms. The first-order valence-electron chi connectivity index (χ1n) is 10.00. The monoisotopic (exact) mass is 357 g/mol. The van der Waals surface area contributed by atoms with Gasteiger partial charge in [0.1, 0.15) is 0 Å². The molecule has 0 spiro atoms. The maximum atomic E-state index is 12.3. The summed E-state index contributed by atoms with van der Waals surface area (Å²) < 4.78 is 0. The lowest BCUT2D eigenvalue weighted by molar-refractivity contribution is -0.122. The first-order chi connectivity index (χ1) is 12.7. The Balaban J connectivity index is 1.48. The van der Waals surface area contributed by atoms with Crippen molar-refractivity contribution < 1.29 is 9.59 Å². The smallest absolute Gasteiger partial charge is 0.251 e. The van der Waals surface area contributed by atoms with Crippen molar-refractivity contribution in [1.82, 2.24) is 15.5 Å². The van der Waals surface area contributed by atoms with Gasteiger partial charge in [-0.2, -0.15) is 0 Å². The fourth-order valence-corrected chi connectivity index (χ4v) is 3.76. The normalized spacial score (nSPS) is 17.9. The third-order valence-corrected chi connectivity index (χ3v) is 5.49. The van der Waals surface area contributed by atoms with Crippen molar-refractivity contribution in [3.05, 3.63) is 35.4 Å². The molecule has 1 aromatic rings. The van der Waals surface area contributed by atoms with Crippen LogP contribution in [0.2, 0.25) is 0 Å². The van der Waals surface area contributed by atoms with Gasteiger partial charge in [-0.3, -0.25) is 14.5 Å². The van der Waals surface area contributed by atoms with Crippen LogP contribution in [0.5, 0.6) is 0 Å². The zero-order valence-electron chi connectivity index (χ0n) is 15.8. The van der Waals surface area contributed by atoms with E-state index in [1.54, 1.807) is 7.05 Å². The fourth-order valence-electron chi connectivity index (χ4n) is 3.76. The third kappa shape index (κ3) is 5.56. The highest BCUT2D eigenvalue weighted by Crippen LogP contribution is 2.28. The van der Waals surface area contributed by atoms with Gasteiger partial charge in [-0.25, -0.2) is 0 Å². The van der Waals surface area contributed by atoms with Crippen LogP contribution < -0.4 is 10.6 Å². The molecule has 0 radical (unpaired) electrons. The minimum Gasteiger partial charge on any atom is -0.355 e. The Kier molecular flexibility index (Phi) is 6.67. The van der Waals surface area contributed by atoms with Gasteiger partial charge in [0.05, 0.1) is 0 Å². The summed E-state index contributed by atoms with van der Waals surface area (Å²) in [6.45, 7) is 1.65. The van der Waals surface area contributed by atoms with E-state index in [1.807, 2.05) is 24.3 Å². The topological polar surface area (TPSA) is 61.4 Å². The van der Waals surface area contributed by atoms with Crippen molar-refractivity contribution in [2.75, 3.05) is 13.6 Å². The molecule has 3 rings (SSSR count). The Labute approximate surface area is 156 Å². The summed E-state index contributed by atoms with van der Waals surface area (Å²) in [4.78, 5) is 26.3. The second-order valence-electron chi connectivity index (χ2n) is 7.63. The summed E-state index contributed by atoms with van der Waals surface area (Å²) in [6.07, 6.45) is 9.08. The molecule has 2 saturated carbocycles. The van der Waals surface area contributed by atoms with Gasteiger partial charge in [0, 0.05) is 44.2 Å². The van der Waals surface area contributed by atoms with Crippen LogP contribution in [-0.4, -0.2) is 42.4 Å². The highest BCUT2D eigenvalue weighted by molar-refractivity contribution is 5.93. The second-order valence-corrected chi connectivity index (χ2v) is 7.63. The third-order valence-electron chi connectivity index (χ3n) is 5.49. The standard InChI is InChI=1S/C21H31N3O2/c1-22-21(26)17-9-7-16(8-10-17)15-24(19-11-12-19)14-13-20(25)23-18-5-3-2-4-6-18/h7-10,18-19H,2-6,11-15H2,1H3,(H,22,26)(H,23,25). The Bertz CT molecular complexity index is 604. The summed E-state index contributed by atoms with van der Waals surface area (Å²) in [5.74, 6) is 0.132. The molecule has 5 heteroatoms. The molecule has 2 fully saturated rings. The molecule has 5 nitrogen and oxygen atoms in total. The molecule has 0 bridgehead atoms. The summed E-state index contributed by atoms with van der Waals surface area (Å²) in [6, 6.07) is 8.77. The molecule has 2 N–H and O–H groups in total. The molecular formula is C21H31N3O2. The summed E-state index contributed by atoms with van der Waals surface area (Å²) in [7, 11) is 1.64. The van der Waals surface area contributed by atoms with Crippen LogP contribution in [0, 0.1) is 0 Å². The zero-order chi connectivity index (χ0) is 18.4. The molecule has 0 aromatic heterocycles. The van der Waals surface area contributed by atoms with Crippen LogP contribution in [0.15, 0.2) is 24.3 Å². The van der Waals surface area contributed by atoms with Crippen molar-refractivity contribution >= 4 is 11.8 Å². The van der Waals surface area contributed by atoms with E-state index in [0.717, 1.165) is 25.9 Å². The Hall–Kier alpha value is -1.88. The Morgan fingerprint density at radius 3 is 2.35 bits per heavy atom. The van der Waals surface area contributed by atoms with Gasteiger partial charge in [0.25, 0.3) is 5.91 Å². The van der Waals surface area contributed by atoms with E-state index < -0.39 is 0 Å². The van der Waals surface area contributed by atoms with E-state index in [0.29, 0.717) is 24.1 Å². The van der Waals surface area contributed by atoms with Gasteiger partial charge in [-0.1, -0.05) is 31.4 Å². The predicted molar refractivity (Wildman–Crippen MR) is 103 cm³/mol. The first-order valence-corrected chi connectivity index (χ1v) is 10.00. The van der Waals surface area contributed by atoms with E-state index in [-0.39, 0.29) is 11.8 Å². The molecule has 0 atom stereocenters. The lowest BCUT2D eigenvalue weighted by Gasteiger charge is -2.25. The molecule has 0 unspecified atom stereocenters. The molecule has 2 amide bonds. The fraction of sp³-hybridized carbons (Fsp3) is 0.619. The van der Waals surface area contributed by atoms with Crippen LogP contribution in [0.25, 0.3) is 0 Å². The number of carbonyl (C=O) groups is 2. The van der Waals surface area contributed by atoms with E-state index in [4.69, 9.17) is 0 Å². The van der Waals surface area contributed by atoms with E-state index in [1.165, 1.54) is 37.7 Å². The number of nitrogens with one attached hydrogen (secondary N) is 2. The lowest BCUT2D eigenvalue weighted by atomic mass is 9.95. The molecule has 0 heterocycles. The summed E-state index contributed by atoms with van der Waals surface area (Å²) >= 11 is 0. The maximum Gasteiger partial charge on any atom is 0.251 e. The van der Waals surface area contributed by atoms with Gasteiger partial charge < -0.3 is 10.6 Å². The van der Waals surface area contributed by atoms with Crippen LogP contribution in [-0.2, 0) is 11.3 Å². The van der Waals surface area contributed by atoms with Crippen molar-refractivity contribution in [2.45, 2.75) is 70.0 Å². The van der Waals surface area contributed by atoms with E-state index >= 15 is 0 Å². The lowest BCUT2D eigenvalue weighted by Crippen LogP contribution is -2.38. The minimum atomic E-state index is -0.0602. The SMILES string of the molecule is CNC(=O)c1ccc(CN(CCC(=O)NC2CCCCC2)C2CC2)cc1. The zero-order valence-corrected chi connectivity index (χ0v) is 15.8.